The highest BCUT2D eigenvalue weighted by molar-refractivity contribution is 6.12. The van der Waals surface area contributed by atoms with E-state index in [1.165, 1.54) is 0 Å². The van der Waals surface area contributed by atoms with Gasteiger partial charge in [0.1, 0.15) is 0 Å². The number of morpholine rings is 1. The number of hydrogen-bond donors (Lipinski definition) is 0. The molecule has 0 aromatic heterocycles. The van der Waals surface area contributed by atoms with E-state index < -0.39 is 6.10 Å². The molecule has 1 aliphatic rings. The van der Waals surface area contributed by atoms with Crippen LogP contribution < -0.4 is 0 Å². The van der Waals surface area contributed by atoms with Gasteiger partial charge in [-0.25, -0.2) is 0 Å². The largest absolute Gasteiger partial charge is 0.358 e. The first kappa shape index (κ1) is 15.4. The fraction of sp³-hybridized carbons (Fsp3) is 0.263. The van der Waals surface area contributed by atoms with E-state index in [1.807, 2.05) is 49.4 Å². The molecule has 0 N–H and O–H groups in total. The molecule has 4 nitrogen and oxygen atoms in total. The molecule has 2 aromatic carbocycles. The highest BCUT2D eigenvalue weighted by Crippen LogP contribution is 2.16. The molecule has 0 aliphatic carbocycles. The molecule has 1 atom stereocenters. The summed E-state index contributed by atoms with van der Waals surface area (Å²) >= 11 is 0. The Bertz CT molecular complexity index is 694. The van der Waals surface area contributed by atoms with Gasteiger partial charge in [0, 0.05) is 18.7 Å². The third-order valence-electron chi connectivity index (χ3n) is 3.97. The van der Waals surface area contributed by atoms with Gasteiger partial charge >= 0.3 is 0 Å². The van der Waals surface area contributed by atoms with Crippen molar-refractivity contribution in [2.75, 3.05) is 13.2 Å². The van der Waals surface area contributed by atoms with Crippen LogP contribution in [-0.4, -0.2) is 35.8 Å². The van der Waals surface area contributed by atoms with Crippen molar-refractivity contribution in [3.05, 3.63) is 71.3 Å². The zero-order valence-corrected chi connectivity index (χ0v) is 13.1. The number of nitrogens with zero attached hydrogens (tertiary/aromatic N) is 1. The van der Waals surface area contributed by atoms with Crippen molar-refractivity contribution in [2.24, 2.45) is 0 Å². The molecule has 0 saturated carbocycles. The maximum absolute atomic E-state index is 12.6. The average molecular weight is 309 g/mol. The second-order valence-electron chi connectivity index (χ2n) is 5.73. The molecule has 1 aliphatic heterocycles. The van der Waals surface area contributed by atoms with Crippen molar-refractivity contribution in [1.82, 2.24) is 4.90 Å². The first-order valence-electron chi connectivity index (χ1n) is 7.70. The summed E-state index contributed by atoms with van der Waals surface area (Å²) in [6, 6.07) is 17.0. The van der Waals surface area contributed by atoms with Crippen LogP contribution in [-0.2, 0) is 16.1 Å². The molecule has 1 unspecified atom stereocenters. The number of benzene rings is 2. The smallest absolute Gasteiger partial charge is 0.260 e. The molecule has 1 amide bonds. The van der Waals surface area contributed by atoms with Gasteiger partial charge in [-0.3, -0.25) is 9.59 Å². The number of aryl methyl sites for hydroxylation is 1. The van der Waals surface area contributed by atoms with Gasteiger partial charge in [0.15, 0.2) is 6.10 Å². The fourth-order valence-electron chi connectivity index (χ4n) is 2.65. The summed E-state index contributed by atoms with van der Waals surface area (Å²) in [6.45, 7) is 3.34. The van der Waals surface area contributed by atoms with Crippen LogP contribution in [0.15, 0.2) is 54.6 Å². The summed E-state index contributed by atoms with van der Waals surface area (Å²) < 4.78 is 5.46. The maximum atomic E-state index is 12.6. The Morgan fingerprint density at radius 3 is 2.52 bits per heavy atom. The van der Waals surface area contributed by atoms with Crippen molar-refractivity contribution in [3.63, 3.8) is 0 Å². The van der Waals surface area contributed by atoms with Crippen LogP contribution in [0, 0.1) is 6.92 Å². The van der Waals surface area contributed by atoms with E-state index in [9.17, 15) is 9.59 Å². The number of ether oxygens (including phenoxy) is 1. The quantitative estimate of drug-likeness (QED) is 0.644. The lowest BCUT2D eigenvalue weighted by atomic mass is 10.0. The van der Waals surface area contributed by atoms with Gasteiger partial charge < -0.3 is 9.64 Å². The maximum Gasteiger partial charge on any atom is 0.260 e. The number of carbonyl (C=O) groups is 2. The Hall–Kier alpha value is -2.46. The first-order chi connectivity index (χ1) is 11.1. The monoisotopic (exact) mass is 309 g/mol. The standard InChI is InChI=1S/C19H19NO3/c1-14-7-9-16(10-8-14)17(21)18-19(22)20(11-12-23-18)13-15-5-3-2-4-6-15/h2-10,18H,11-13H2,1H3. The summed E-state index contributed by atoms with van der Waals surface area (Å²) in [5.74, 6) is -0.529. The second kappa shape index (κ2) is 6.75. The van der Waals surface area contributed by atoms with Gasteiger partial charge in [-0.1, -0.05) is 60.2 Å². The van der Waals surface area contributed by atoms with Crippen molar-refractivity contribution in [2.45, 2.75) is 19.6 Å². The lowest BCUT2D eigenvalue weighted by Gasteiger charge is -2.31. The lowest BCUT2D eigenvalue weighted by molar-refractivity contribution is -0.149. The Morgan fingerprint density at radius 1 is 1.13 bits per heavy atom. The number of ketones is 1. The zero-order chi connectivity index (χ0) is 16.2. The normalized spacial score (nSPS) is 18.0. The number of hydrogen-bond acceptors (Lipinski definition) is 3. The first-order valence-corrected chi connectivity index (χ1v) is 7.70. The van der Waals surface area contributed by atoms with Crippen LogP contribution in [0.4, 0.5) is 0 Å². The van der Waals surface area contributed by atoms with Crippen molar-refractivity contribution in [1.29, 1.82) is 0 Å². The zero-order valence-electron chi connectivity index (χ0n) is 13.1. The summed E-state index contributed by atoms with van der Waals surface area (Å²) in [7, 11) is 0. The van der Waals surface area contributed by atoms with Crippen LogP contribution in [0.1, 0.15) is 21.5 Å². The predicted octanol–water partition coefficient (Wildman–Crippen LogP) is 2.61. The Labute approximate surface area is 135 Å². The van der Waals surface area contributed by atoms with Gasteiger partial charge in [0.2, 0.25) is 5.78 Å². The molecule has 118 valence electrons. The molecule has 0 bridgehead atoms. The Morgan fingerprint density at radius 2 is 1.83 bits per heavy atom. The highest BCUT2D eigenvalue weighted by Gasteiger charge is 2.35. The molecule has 23 heavy (non-hydrogen) atoms. The predicted molar refractivity (Wildman–Crippen MR) is 87.1 cm³/mol. The van der Waals surface area contributed by atoms with E-state index in [0.29, 0.717) is 25.3 Å². The van der Waals surface area contributed by atoms with Crippen molar-refractivity contribution >= 4 is 11.7 Å². The van der Waals surface area contributed by atoms with Crippen LogP contribution in [0.2, 0.25) is 0 Å². The number of Topliss-reactive ketones (excluding diaryl/α,β-unsaturated/α-hetero) is 1. The molecule has 1 heterocycles. The molecule has 1 saturated heterocycles. The Balaban J connectivity index is 1.74. The van der Waals surface area contributed by atoms with Gasteiger partial charge in [0.25, 0.3) is 5.91 Å². The molecular weight excluding hydrogens is 290 g/mol. The summed E-state index contributed by atoms with van der Waals surface area (Å²) in [6.07, 6.45) is -1.03. The van der Waals surface area contributed by atoms with E-state index in [0.717, 1.165) is 11.1 Å². The number of carbonyl (C=O) groups excluding carboxylic acids is 2. The summed E-state index contributed by atoms with van der Waals surface area (Å²) in [4.78, 5) is 26.8. The number of rotatable bonds is 4. The van der Waals surface area contributed by atoms with E-state index in [4.69, 9.17) is 4.74 Å². The van der Waals surface area contributed by atoms with Crippen molar-refractivity contribution < 1.29 is 14.3 Å². The van der Waals surface area contributed by atoms with Crippen molar-refractivity contribution in [3.8, 4) is 0 Å². The van der Waals surface area contributed by atoms with Crippen LogP contribution in [0.25, 0.3) is 0 Å². The van der Waals surface area contributed by atoms with Gasteiger partial charge in [-0.15, -0.1) is 0 Å². The van der Waals surface area contributed by atoms with Crippen LogP contribution >= 0.6 is 0 Å². The third-order valence-corrected chi connectivity index (χ3v) is 3.97. The van der Waals surface area contributed by atoms with E-state index in [1.54, 1.807) is 17.0 Å². The molecule has 3 rings (SSSR count). The minimum atomic E-state index is -1.03. The average Bonchev–Trinajstić information content (AvgIpc) is 2.58. The molecule has 2 aromatic rings. The number of amides is 1. The van der Waals surface area contributed by atoms with E-state index in [2.05, 4.69) is 0 Å². The minimum Gasteiger partial charge on any atom is -0.358 e. The molecule has 0 radical (unpaired) electrons. The lowest BCUT2D eigenvalue weighted by Crippen LogP contribution is -2.50. The summed E-state index contributed by atoms with van der Waals surface area (Å²) in [5, 5.41) is 0. The van der Waals surface area contributed by atoms with Gasteiger partial charge in [0.05, 0.1) is 6.61 Å². The van der Waals surface area contributed by atoms with Crippen LogP contribution in [0.5, 0.6) is 0 Å². The second-order valence-corrected chi connectivity index (χ2v) is 5.73. The Kier molecular flexibility index (Phi) is 4.53. The van der Waals surface area contributed by atoms with Gasteiger partial charge in [-0.05, 0) is 12.5 Å². The van der Waals surface area contributed by atoms with E-state index >= 15 is 0 Å². The SMILES string of the molecule is Cc1ccc(C(=O)C2OCCN(Cc3ccccc3)C2=O)cc1. The summed E-state index contributed by atoms with van der Waals surface area (Å²) in [5.41, 5.74) is 2.63. The van der Waals surface area contributed by atoms with Gasteiger partial charge in [-0.2, -0.15) is 0 Å². The fourth-order valence-corrected chi connectivity index (χ4v) is 2.65. The minimum absolute atomic E-state index is 0.259. The third kappa shape index (κ3) is 3.48. The highest BCUT2D eigenvalue weighted by atomic mass is 16.5. The molecule has 0 spiro atoms. The molecular formula is C19H19NO3. The van der Waals surface area contributed by atoms with E-state index in [-0.39, 0.29) is 11.7 Å². The molecule has 1 fully saturated rings. The topological polar surface area (TPSA) is 46.6 Å². The van der Waals surface area contributed by atoms with Crippen LogP contribution in [0.3, 0.4) is 0 Å². The molecule has 4 heteroatoms.